The van der Waals surface area contributed by atoms with Crippen molar-refractivity contribution in [2.24, 2.45) is 0 Å². The second-order valence-electron chi connectivity index (χ2n) is 7.63. The van der Waals surface area contributed by atoms with Crippen molar-refractivity contribution >= 4 is 17.6 Å². The first-order valence-electron chi connectivity index (χ1n) is 9.96. The average molecular weight is 445 g/mol. The van der Waals surface area contributed by atoms with Crippen LogP contribution in [0.2, 0.25) is 5.15 Å². The maximum atomic E-state index is 10.9. The standard InChI is InChI=1S/C24H23ClN2O3.Na/c25-23-10-8-19(13-27-23)22(28)14-26-21-9-7-16-3-6-18(11-20(16)12-21)15-1-4-17(5-2-15)24(29)30;/h1-6,8,10-11,13,21-22,26,28H,7,9,12,14H2,(H,29,30);/q;+1/p-1/t21-,22-;/m0./s1. The summed E-state index contributed by atoms with van der Waals surface area (Å²) in [4.78, 5) is 15.0. The molecule has 154 valence electrons. The number of aliphatic hydroxyl groups excluding tert-OH is 1. The number of carbonyl (C=O) groups is 1. The second-order valence-corrected chi connectivity index (χ2v) is 8.01. The van der Waals surface area contributed by atoms with Crippen LogP contribution in [0.5, 0.6) is 0 Å². The molecule has 4 rings (SSSR count). The van der Waals surface area contributed by atoms with E-state index in [2.05, 4.69) is 28.5 Å². The summed E-state index contributed by atoms with van der Waals surface area (Å²) in [5.74, 6) is -1.17. The van der Waals surface area contributed by atoms with Gasteiger partial charge in [-0.2, -0.15) is 0 Å². The number of nitrogens with zero attached hydrogens (tertiary/aromatic N) is 1. The van der Waals surface area contributed by atoms with Crippen LogP contribution in [0.1, 0.15) is 39.6 Å². The van der Waals surface area contributed by atoms with E-state index in [1.54, 1.807) is 30.5 Å². The molecule has 0 amide bonds. The number of aromatic carboxylic acids is 1. The molecule has 2 aromatic carbocycles. The van der Waals surface area contributed by atoms with Crippen LogP contribution in [-0.2, 0) is 12.8 Å². The molecular formula is C24H22ClN2NaO3. The van der Waals surface area contributed by atoms with Crippen molar-refractivity contribution < 1.29 is 44.6 Å². The zero-order valence-electron chi connectivity index (χ0n) is 17.3. The van der Waals surface area contributed by atoms with Crippen molar-refractivity contribution in [1.29, 1.82) is 0 Å². The van der Waals surface area contributed by atoms with Gasteiger partial charge in [-0.25, -0.2) is 4.98 Å². The van der Waals surface area contributed by atoms with E-state index in [1.165, 1.54) is 11.1 Å². The van der Waals surface area contributed by atoms with E-state index in [0.717, 1.165) is 36.0 Å². The summed E-state index contributed by atoms with van der Waals surface area (Å²) < 4.78 is 0. The molecule has 0 spiro atoms. The molecule has 7 heteroatoms. The number of halogens is 1. The summed E-state index contributed by atoms with van der Waals surface area (Å²) >= 11 is 5.80. The molecule has 1 aliphatic rings. The van der Waals surface area contributed by atoms with Crippen LogP contribution in [0.15, 0.2) is 60.8 Å². The first kappa shape index (κ1) is 23.9. The Kier molecular flexibility index (Phi) is 8.28. The summed E-state index contributed by atoms with van der Waals surface area (Å²) in [6, 6.07) is 16.9. The van der Waals surface area contributed by atoms with E-state index in [0.29, 0.717) is 11.7 Å². The first-order chi connectivity index (χ1) is 14.5. The predicted octanol–water partition coefficient (Wildman–Crippen LogP) is -0.0500. The molecule has 2 atom stereocenters. The van der Waals surface area contributed by atoms with Crippen LogP contribution in [0.25, 0.3) is 11.1 Å². The zero-order chi connectivity index (χ0) is 21.1. The van der Waals surface area contributed by atoms with Crippen molar-refractivity contribution in [3.63, 3.8) is 0 Å². The van der Waals surface area contributed by atoms with Crippen LogP contribution in [0.3, 0.4) is 0 Å². The van der Waals surface area contributed by atoms with E-state index >= 15 is 0 Å². The minimum Gasteiger partial charge on any atom is -0.545 e. The van der Waals surface area contributed by atoms with Gasteiger partial charge in [0.15, 0.2) is 0 Å². The van der Waals surface area contributed by atoms with Gasteiger partial charge in [0.2, 0.25) is 0 Å². The molecule has 0 fully saturated rings. The van der Waals surface area contributed by atoms with Crippen molar-refractivity contribution in [3.05, 3.63) is 88.2 Å². The minimum absolute atomic E-state index is 0. The Morgan fingerprint density at radius 3 is 2.55 bits per heavy atom. The van der Waals surface area contributed by atoms with Crippen LogP contribution < -0.4 is 40.0 Å². The molecule has 5 nitrogen and oxygen atoms in total. The van der Waals surface area contributed by atoms with Crippen molar-refractivity contribution in [3.8, 4) is 11.1 Å². The smallest absolute Gasteiger partial charge is 0.545 e. The maximum Gasteiger partial charge on any atom is 1.00 e. The Morgan fingerprint density at radius 1 is 1.13 bits per heavy atom. The number of fused-ring (bicyclic) bond motifs is 1. The zero-order valence-corrected chi connectivity index (χ0v) is 20.1. The number of carbonyl (C=O) groups excluding carboxylic acids is 1. The molecule has 2 N–H and O–H groups in total. The third kappa shape index (κ3) is 5.95. The summed E-state index contributed by atoms with van der Waals surface area (Å²) in [5.41, 5.74) is 5.57. The van der Waals surface area contributed by atoms with Crippen molar-refractivity contribution in [2.45, 2.75) is 31.4 Å². The Hall–Kier alpha value is -1.73. The Labute approximate surface area is 208 Å². The van der Waals surface area contributed by atoms with Crippen LogP contribution in [0, 0.1) is 0 Å². The topological polar surface area (TPSA) is 85.3 Å². The number of aromatic nitrogens is 1. The van der Waals surface area contributed by atoms with E-state index in [1.807, 2.05) is 12.1 Å². The summed E-state index contributed by atoms with van der Waals surface area (Å²) in [6.45, 7) is 0.452. The van der Waals surface area contributed by atoms with Gasteiger partial charge in [0.05, 0.1) is 12.1 Å². The van der Waals surface area contributed by atoms with Gasteiger partial charge in [0.25, 0.3) is 0 Å². The maximum absolute atomic E-state index is 10.9. The summed E-state index contributed by atoms with van der Waals surface area (Å²) in [6.07, 6.45) is 3.84. The van der Waals surface area contributed by atoms with Gasteiger partial charge < -0.3 is 20.3 Å². The monoisotopic (exact) mass is 444 g/mol. The van der Waals surface area contributed by atoms with E-state index in [9.17, 15) is 15.0 Å². The van der Waals surface area contributed by atoms with Gasteiger partial charge in [0.1, 0.15) is 5.15 Å². The van der Waals surface area contributed by atoms with Crippen molar-refractivity contribution in [1.82, 2.24) is 10.3 Å². The first-order valence-corrected chi connectivity index (χ1v) is 10.3. The normalized spacial score (nSPS) is 16.1. The molecule has 0 saturated heterocycles. The molecule has 0 unspecified atom stereocenters. The minimum atomic E-state index is -1.17. The fourth-order valence-corrected chi connectivity index (χ4v) is 4.00. The van der Waals surface area contributed by atoms with Gasteiger partial charge in [-0.3, -0.25) is 0 Å². The molecular weight excluding hydrogens is 423 g/mol. The van der Waals surface area contributed by atoms with Gasteiger partial charge in [-0.1, -0.05) is 60.1 Å². The van der Waals surface area contributed by atoms with Crippen LogP contribution in [0.4, 0.5) is 0 Å². The molecule has 3 aromatic rings. The Bertz CT molecular complexity index is 1040. The quantitative estimate of drug-likeness (QED) is 0.411. The summed E-state index contributed by atoms with van der Waals surface area (Å²) in [5, 5.41) is 25.2. The van der Waals surface area contributed by atoms with Crippen LogP contribution in [-0.4, -0.2) is 28.6 Å². The van der Waals surface area contributed by atoms with Gasteiger partial charge in [-0.05, 0) is 53.1 Å². The largest absolute Gasteiger partial charge is 1.00 e. The third-order valence-electron chi connectivity index (χ3n) is 5.62. The van der Waals surface area contributed by atoms with E-state index in [-0.39, 0.29) is 41.2 Å². The molecule has 0 bridgehead atoms. The fraction of sp³-hybridized carbons (Fsp3) is 0.250. The Morgan fingerprint density at radius 2 is 1.87 bits per heavy atom. The SMILES string of the molecule is O=C([O-])c1ccc(-c2ccc3c(c2)C[C@@H](NC[C@H](O)c2ccc(Cl)nc2)CC3)cc1.[Na+]. The van der Waals surface area contributed by atoms with Gasteiger partial charge >= 0.3 is 29.6 Å². The molecule has 31 heavy (non-hydrogen) atoms. The Balaban J connectivity index is 0.00000272. The number of nitrogens with one attached hydrogen (secondary N) is 1. The number of hydrogen-bond acceptors (Lipinski definition) is 5. The van der Waals surface area contributed by atoms with Crippen molar-refractivity contribution in [2.75, 3.05) is 6.54 Å². The van der Waals surface area contributed by atoms with E-state index in [4.69, 9.17) is 11.6 Å². The fourth-order valence-electron chi connectivity index (χ4n) is 3.89. The number of aryl methyl sites for hydroxylation is 1. The third-order valence-corrected chi connectivity index (χ3v) is 5.85. The van der Waals surface area contributed by atoms with E-state index < -0.39 is 12.1 Å². The number of carboxylic acid groups (broad SMARTS) is 1. The number of benzene rings is 2. The molecule has 0 saturated carbocycles. The average Bonchev–Trinajstić information content (AvgIpc) is 2.77. The number of hydrogen-bond donors (Lipinski definition) is 2. The molecule has 1 heterocycles. The van der Waals surface area contributed by atoms with Crippen LogP contribution >= 0.6 is 11.6 Å². The molecule has 0 aliphatic heterocycles. The summed E-state index contributed by atoms with van der Waals surface area (Å²) in [7, 11) is 0. The predicted molar refractivity (Wildman–Crippen MR) is 114 cm³/mol. The van der Waals surface area contributed by atoms with Gasteiger partial charge in [0, 0.05) is 24.3 Å². The molecule has 1 aliphatic carbocycles. The molecule has 1 aromatic heterocycles. The van der Waals surface area contributed by atoms with Gasteiger partial charge in [-0.15, -0.1) is 0 Å². The number of pyridine rings is 1. The number of aliphatic hydroxyl groups is 1. The molecule has 0 radical (unpaired) electrons. The number of carboxylic acids is 1. The second kappa shape index (κ2) is 10.7. The number of rotatable bonds is 6.